The number of anilines is 1. The van der Waals surface area contributed by atoms with E-state index in [-0.39, 0.29) is 32.9 Å². The van der Waals surface area contributed by atoms with Crippen LogP contribution in [0.2, 0.25) is 10.0 Å². The highest BCUT2D eigenvalue weighted by Gasteiger charge is 2.18. The Morgan fingerprint density at radius 2 is 1.90 bits per heavy atom. The maximum absolute atomic E-state index is 12.1. The number of rotatable bonds is 3. The number of hydrogen-bond donors (Lipinski definition) is 2. The van der Waals surface area contributed by atoms with Crippen molar-refractivity contribution < 1.29 is 14.8 Å². The average Bonchev–Trinajstić information content (AvgIpc) is 2.78. The van der Waals surface area contributed by atoms with Crippen LogP contribution in [-0.2, 0) is 7.05 Å². The van der Waals surface area contributed by atoms with Crippen molar-refractivity contribution in [2.75, 3.05) is 5.32 Å². The Morgan fingerprint density at radius 3 is 2.38 bits per heavy atom. The number of nitrogens with zero attached hydrogens (tertiary/aromatic N) is 2. The molecule has 0 aliphatic carbocycles. The van der Waals surface area contributed by atoms with Crippen molar-refractivity contribution in [1.82, 2.24) is 4.57 Å². The monoisotopic (exact) mass is 329 g/mol. The quantitative estimate of drug-likeness (QED) is 0.513. The number of amides is 1. The van der Waals surface area contributed by atoms with Crippen LogP contribution in [0.3, 0.4) is 0 Å². The molecule has 2 N–H and O–H groups in total. The second-order valence-corrected chi connectivity index (χ2v) is 5.01. The summed E-state index contributed by atoms with van der Waals surface area (Å²) >= 11 is 11.5. The van der Waals surface area contributed by atoms with Gasteiger partial charge in [-0.1, -0.05) is 23.2 Å². The van der Waals surface area contributed by atoms with Crippen LogP contribution in [0.15, 0.2) is 24.4 Å². The number of aromatic hydroxyl groups is 1. The molecular weight excluding hydrogens is 321 g/mol. The van der Waals surface area contributed by atoms with E-state index in [2.05, 4.69) is 5.32 Å². The lowest BCUT2D eigenvalue weighted by Gasteiger charge is -2.08. The highest BCUT2D eigenvalue weighted by molar-refractivity contribution is 6.37. The lowest BCUT2D eigenvalue weighted by Crippen LogP contribution is -2.15. The summed E-state index contributed by atoms with van der Waals surface area (Å²) < 4.78 is 1.33. The SMILES string of the molecule is Cn1cc([N+](=O)[O-])cc1C(=O)Nc1cc(Cl)c(O)c(Cl)c1. The zero-order valence-corrected chi connectivity index (χ0v) is 12.1. The van der Waals surface area contributed by atoms with E-state index in [1.165, 1.54) is 29.9 Å². The van der Waals surface area contributed by atoms with Gasteiger partial charge in [0.1, 0.15) is 5.69 Å². The molecule has 110 valence electrons. The van der Waals surface area contributed by atoms with E-state index in [1.54, 1.807) is 0 Å². The minimum atomic E-state index is -0.592. The first-order chi connectivity index (χ1) is 9.79. The normalized spacial score (nSPS) is 10.4. The van der Waals surface area contributed by atoms with E-state index < -0.39 is 10.8 Å². The minimum Gasteiger partial charge on any atom is -0.505 e. The van der Waals surface area contributed by atoms with Gasteiger partial charge in [0.2, 0.25) is 0 Å². The van der Waals surface area contributed by atoms with Gasteiger partial charge in [0.25, 0.3) is 11.6 Å². The van der Waals surface area contributed by atoms with Crippen molar-refractivity contribution in [3.63, 3.8) is 0 Å². The zero-order valence-electron chi connectivity index (χ0n) is 10.6. The molecule has 0 saturated carbocycles. The van der Waals surface area contributed by atoms with Gasteiger partial charge in [0.15, 0.2) is 5.75 Å². The molecule has 7 nitrogen and oxygen atoms in total. The summed E-state index contributed by atoms with van der Waals surface area (Å²) in [6, 6.07) is 3.79. The van der Waals surface area contributed by atoms with Crippen molar-refractivity contribution in [3.8, 4) is 5.75 Å². The van der Waals surface area contributed by atoms with Gasteiger partial charge >= 0.3 is 0 Å². The Balaban J connectivity index is 2.28. The highest BCUT2D eigenvalue weighted by Crippen LogP contribution is 2.34. The van der Waals surface area contributed by atoms with Crippen molar-refractivity contribution in [1.29, 1.82) is 0 Å². The van der Waals surface area contributed by atoms with Gasteiger partial charge in [0.05, 0.1) is 21.2 Å². The highest BCUT2D eigenvalue weighted by atomic mass is 35.5. The predicted octanol–water partition coefficient (Wildman–Crippen LogP) is 3.20. The van der Waals surface area contributed by atoms with Gasteiger partial charge < -0.3 is 15.0 Å². The average molecular weight is 330 g/mol. The van der Waals surface area contributed by atoms with E-state index in [4.69, 9.17) is 23.2 Å². The summed E-state index contributed by atoms with van der Waals surface area (Å²) in [6.45, 7) is 0. The van der Waals surface area contributed by atoms with Gasteiger partial charge in [0, 0.05) is 18.8 Å². The van der Waals surface area contributed by atoms with Gasteiger partial charge in [-0.05, 0) is 12.1 Å². The molecule has 0 radical (unpaired) electrons. The number of carbonyl (C=O) groups is 1. The molecule has 0 bridgehead atoms. The van der Waals surface area contributed by atoms with Crippen LogP contribution in [0, 0.1) is 10.1 Å². The lowest BCUT2D eigenvalue weighted by molar-refractivity contribution is -0.384. The van der Waals surface area contributed by atoms with Gasteiger partial charge in [-0.3, -0.25) is 14.9 Å². The Morgan fingerprint density at radius 1 is 1.33 bits per heavy atom. The predicted molar refractivity (Wildman–Crippen MR) is 78.1 cm³/mol. The van der Waals surface area contributed by atoms with Crippen molar-refractivity contribution in [3.05, 3.63) is 50.2 Å². The molecular formula is C12H9Cl2N3O4. The number of aryl methyl sites for hydroxylation is 1. The van der Waals surface area contributed by atoms with Crippen LogP contribution in [-0.4, -0.2) is 20.5 Å². The molecule has 0 aliphatic heterocycles. The fourth-order valence-corrected chi connectivity index (χ4v) is 2.19. The summed E-state index contributed by atoms with van der Waals surface area (Å²) in [6.07, 6.45) is 1.23. The van der Waals surface area contributed by atoms with Gasteiger partial charge in [-0.25, -0.2) is 0 Å². The molecule has 0 saturated heterocycles. The van der Waals surface area contributed by atoms with E-state index in [9.17, 15) is 20.0 Å². The number of nitro groups is 1. The zero-order chi connectivity index (χ0) is 15.7. The smallest absolute Gasteiger partial charge is 0.287 e. The first-order valence-corrected chi connectivity index (χ1v) is 6.35. The molecule has 0 aliphatic rings. The molecule has 1 amide bonds. The van der Waals surface area contributed by atoms with Crippen LogP contribution in [0.1, 0.15) is 10.5 Å². The molecule has 1 aromatic heterocycles. The standard InChI is InChI=1S/C12H9Cl2N3O4/c1-16-5-7(17(20)21)4-10(16)12(19)15-6-2-8(13)11(18)9(14)3-6/h2-5,18H,1H3,(H,15,19). The van der Waals surface area contributed by atoms with Gasteiger partial charge in [-0.15, -0.1) is 0 Å². The first-order valence-electron chi connectivity index (χ1n) is 5.59. The minimum absolute atomic E-state index is 0.0179. The van der Waals surface area contributed by atoms with Gasteiger partial charge in [-0.2, -0.15) is 0 Å². The fourth-order valence-electron chi connectivity index (χ4n) is 1.71. The molecule has 2 aromatic rings. The number of aromatic nitrogens is 1. The van der Waals surface area contributed by atoms with Crippen molar-refractivity contribution in [2.45, 2.75) is 0 Å². The van der Waals surface area contributed by atoms with Crippen LogP contribution in [0.25, 0.3) is 0 Å². The van der Waals surface area contributed by atoms with Crippen molar-refractivity contribution in [2.24, 2.45) is 7.05 Å². The van der Waals surface area contributed by atoms with Crippen molar-refractivity contribution >= 4 is 40.5 Å². The van der Waals surface area contributed by atoms with E-state index >= 15 is 0 Å². The molecule has 0 unspecified atom stereocenters. The van der Waals surface area contributed by atoms with E-state index in [1.807, 2.05) is 0 Å². The number of hydrogen-bond acceptors (Lipinski definition) is 4. The molecule has 21 heavy (non-hydrogen) atoms. The lowest BCUT2D eigenvalue weighted by atomic mass is 10.3. The molecule has 0 fully saturated rings. The number of halogens is 2. The Bertz CT molecular complexity index is 719. The molecule has 0 atom stereocenters. The van der Waals surface area contributed by atoms with Crippen LogP contribution in [0.4, 0.5) is 11.4 Å². The summed E-state index contributed by atoms with van der Waals surface area (Å²) in [5.41, 5.74) is 0.170. The Hall–Kier alpha value is -2.25. The Kier molecular flexibility index (Phi) is 4.06. The topological polar surface area (TPSA) is 97.4 Å². The largest absolute Gasteiger partial charge is 0.505 e. The molecule has 0 spiro atoms. The number of phenolic OH excluding ortho intramolecular Hbond substituents is 1. The van der Waals surface area contributed by atoms with E-state index in [0.29, 0.717) is 0 Å². The fraction of sp³-hybridized carbons (Fsp3) is 0.0833. The molecule has 1 heterocycles. The first kappa shape index (κ1) is 15.1. The summed E-state index contributed by atoms with van der Waals surface area (Å²) in [7, 11) is 1.51. The Labute approximate surface area is 128 Å². The summed E-state index contributed by atoms with van der Waals surface area (Å²) in [5.74, 6) is -0.853. The maximum atomic E-state index is 12.1. The van der Waals surface area contributed by atoms with Crippen LogP contribution < -0.4 is 5.32 Å². The molecule has 2 rings (SSSR count). The third kappa shape index (κ3) is 3.09. The molecule has 1 aromatic carbocycles. The van der Waals surface area contributed by atoms with Crippen LogP contribution in [0.5, 0.6) is 5.75 Å². The number of benzene rings is 1. The number of carbonyl (C=O) groups excluding carboxylic acids is 1. The summed E-state index contributed by atoms with van der Waals surface area (Å²) in [5, 5.41) is 22.6. The van der Waals surface area contributed by atoms with E-state index in [0.717, 1.165) is 6.07 Å². The number of phenols is 1. The third-order valence-electron chi connectivity index (χ3n) is 2.71. The molecule has 9 heteroatoms. The maximum Gasteiger partial charge on any atom is 0.287 e. The second-order valence-electron chi connectivity index (χ2n) is 4.19. The second kappa shape index (κ2) is 5.63. The number of nitrogens with one attached hydrogen (secondary N) is 1. The summed E-state index contributed by atoms with van der Waals surface area (Å²) in [4.78, 5) is 22.2. The third-order valence-corrected chi connectivity index (χ3v) is 3.28. The van der Waals surface area contributed by atoms with Crippen LogP contribution >= 0.6 is 23.2 Å².